The van der Waals surface area contributed by atoms with E-state index in [-0.39, 0.29) is 12.1 Å². The van der Waals surface area contributed by atoms with E-state index >= 15 is 0 Å². The van der Waals surface area contributed by atoms with Crippen LogP contribution in [-0.2, 0) is 10.0 Å². The van der Waals surface area contributed by atoms with E-state index in [1.54, 1.807) is 24.5 Å². The third kappa shape index (κ3) is 3.84. The smallest absolute Gasteiger partial charge is 0.244 e. The first-order valence-corrected chi connectivity index (χ1v) is 13.2. The highest BCUT2D eigenvalue weighted by atomic mass is 32.2. The number of pyridine rings is 1. The normalized spacial score (nSPS) is 22.8. The van der Waals surface area contributed by atoms with E-state index in [2.05, 4.69) is 36.1 Å². The first-order valence-electron chi connectivity index (χ1n) is 8.23. The number of hydrogen-bond donors (Lipinski definition) is 0. The molecule has 25 heavy (non-hydrogen) atoms. The Morgan fingerprint density at radius 2 is 1.80 bits per heavy atom. The fraction of sp³-hybridized carbons (Fsp3) is 0.316. The first kappa shape index (κ1) is 17.9. The molecule has 0 aliphatic carbocycles. The van der Waals surface area contributed by atoms with Crippen LogP contribution in [0.4, 0.5) is 0 Å². The zero-order chi connectivity index (χ0) is 18.2. The van der Waals surface area contributed by atoms with Crippen molar-refractivity contribution in [1.29, 1.82) is 0 Å². The molecule has 1 aromatic heterocycles. The van der Waals surface area contributed by atoms with Crippen LogP contribution in [-0.4, -0.2) is 31.8 Å². The maximum Gasteiger partial charge on any atom is 0.244 e. The van der Waals surface area contributed by atoms with E-state index in [0.29, 0.717) is 4.90 Å². The van der Waals surface area contributed by atoms with Gasteiger partial charge in [0.25, 0.3) is 0 Å². The van der Waals surface area contributed by atoms with Gasteiger partial charge in [-0.3, -0.25) is 4.98 Å². The van der Waals surface area contributed by atoms with E-state index in [9.17, 15) is 8.42 Å². The molecule has 0 spiro atoms. The molecule has 2 aromatic rings. The van der Waals surface area contributed by atoms with Crippen LogP contribution in [0.2, 0.25) is 19.6 Å². The fourth-order valence-corrected chi connectivity index (χ4v) is 4.91. The second kappa shape index (κ2) is 6.41. The molecule has 0 N–H and O–H groups in total. The first-order chi connectivity index (χ1) is 11.7. The maximum absolute atomic E-state index is 13.1. The molecule has 2 heterocycles. The van der Waals surface area contributed by atoms with Gasteiger partial charge in [-0.25, -0.2) is 8.42 Å². The van der Waals surface area contributed by atoms with Gasteiger partial charge in [0.15, 0.2) is 0 Å². The van der Waals surface area contributed by atoms with Gasteiger partial charge in [-0.2, -0.15) is 4.31 Å². The number of hydrogen-bond acceptors (Lipinski definition) is 3. The standard InChI is InChI=1S/C19H22N2O2SSi/c1-15-7-9-17(10-8-15)24(22,23)21-18(11-13-25(2,3)4)19(21)16-6-5-12-20-14-16/h5-10,12,14,18-19H,1-4H3/t18-,19+,21?/m1/s1. The Labute approximate surface area is 151 Å². The number of sulfonamides is 1. The molecule has 1 aromatic carbocycles. The second-order valence-electron chi connectivity index (χ2n) is 7.34. The SMILES string of the molecule is Cc1ccc(S(=O)(=O)N2[C@H](C#C[Si](C)(C)C)[C@@H]2c2cccnc2)cc1. The maximum atomic E-state index is 13.1. The number of rotatable bonds is 3. The van der Waals surface area contributed by atoms with Crippen LogP contribution in [0.5, 0.6) is 0 Å². The Kier molecular flexibility index (Phi) is 4.58. The molecule has 1 aliphatic heterocycles. The summed E-state index contributed by atoms with van der Waals surface area (Å²) in [5.74, 6) is 3.21. The summed E-state index contributed by atoms with van der Waals surface area (Å²) in [4.78, 5) is 4.44. The number of aromatic nitrogens is 1. The topological polar surface area (TPSA) is 50.0 Å². The van der Waals surface area contributed by atoms with Crippen LogP contribution in [0.3, 0.4) is 0 Å². The van der Waals surface area contributed by atoms with Gasteiger partial charge in [-0.15, -0.1) is 5.54 Å². The predicted molar refractivity (Wildman–Crippen MR) is 102 cm³/mol. The van der Waals surface area contributed by atoms with Crippen molar-refractivity contribution < 1.29 is 8.42 Å². The van der Waals surface area contributed by atoms with Crippen molar-refractivity contribution in [3.05, 3.63) is 59.9 Å². The summed E-state index contributed by atoms with van der Waals surface area (Å²) >= 11 is 0. The van der Waals surface area contributed by atoms with Gasteiger partial charge in [0.1, 0.15) is 14.1 Å². The Hall–Kier alpha value is -1.94. The Balaban J connectivity index is 1.99. The van der Waals surface area contributed by atoms with Crippen molar-refractivity contribution in [1.82, 2.24) is 9.29 Å². The fourth-order valence-electron chi connectivity index (χ4n) is 2.66. The summed E-state index contributed by atoms with van der Waals surface area (Å²) in [6, 6.07) is 10.1. The summed E-state index contributed by atoms with van der Waals surface area (Å²) < 4.78 is 27.6. The van der Waals surface area contributed by atoms with Crippen molar-refractivity contribution in [3.63, 3.8) is 0 Å². The summed E-state index contributed by atoms with van der Waals surface area (Å²) in [7, 11) is -5.16. The minimum atomic E-state index is -3.58. The van der Waals surface area contributed by atoms with Crippen LogP contribution >= 0.6 is 0 Å². The molecule has 3 atom stereocenters. The van der Waals surface area contributed by atoms with Crippen molar-refractivity contribution >= 4 is 18.1 Å². The van der Waals surface area contributed by atoms with Gasteiger partial charge in [0, 0.05) is 12.4 Å². The molecule has 4 nitrogen and oxygen atoms in total. The predicted octanol–water partition coefficient (Wildman–Crippen LogP) is 3.39. The van der Waals surface area contributed by atoms with Crippen LogP contribution < -0.4 is 0 Å². The van der Waals surface area contributed by atoms with Crippen LogP contribution in [0.1, 0.15) is 17.2 Å². The van der Waals surface area contributed by atoms with E-state index in [0.717, 1.165) is 11.1 Å². The summed E-state index contributed by atoms with van der Waals surface area (Å²) in [5.41, 5.74) is 5.22. The van der Waals surface area contributed by atoms with E-state index in [1.165, 1.54) is 4.31 Å². The van der Waals surface area contributed by atoms with E-state index in [4.69, 9.17) is 0 Å². The average Bonchev–Trinajstić information content (AvgIpc) is 3.29. The summed E-state index contributed by atoms with van der Waals surface area (Å²) in [5, 5.41) is 0. The van der Waals surface area contributed by atoms with Crippen LogP contribution in [0, 0.1) is 18.4 Å². The van der Waals surface area contributed by atoms with Crippen molar-refractivity contribution in [3.8, 4) is 11.5 Å². The van der Waals surface area contributed by atoms with Crippen LogP contribution in [0.25, 0.3) is 0 Å². The second-order valence-corrected chi connectivity index (χ2v) is 13.9. The van der Waals surface area contributed by atoms with Gasteiger partial charge in [0.2, 0.25) is 10.0 Å². The zero-order valence-electron chi connectivity index (χ0n) is 14.9. The Morgan fingerprint density at radius 1 is 1.12 bits per heavy atom. The Bertz CT molecular complexity index is 923. The van der Waals surface area contributed by atoms with Gasteiger partial charge in [-0.05, 0) is 30.7 Å². The van der Waals surface area contributed by atoms with Gasteiger partial charge < -0.3 is 0 Å². The highest BCUT2D eigenvalue weighted by Gasteiger charge is 2.56. The van der Waals surface area contributed by atoms with Crippen LogP contribution in [0.15, 0.2) is 53.7 Å². The molecule has 1 fully saturated rings. The molecule has 1 unspecified atom stereocenters. The number of nitrogens with zero attached hydrogens (tertiary/aromatic N) is 2. The minimum absolute atomic E-state index is 0.260. The molecule has 3 rings (SSSR count). The zero-order valence-corrected chi connectivity index (χ0v) is 16.7. The molecule has 6 heteroatoms. The molecule has 1 aliphatic rings. The van der Waals surface area contributed by atoms with Gasteiger partial charge in [0.05, 0.1) is 10.9 Å². The number of benzene rings is 1. The molecule has 130 valence electrons. The molecule has 0 radical (unpaired) electrons. The lowest BCUT2D eigenvalue weighted by Gasteiger charge is -2.07. The largest absolute Gasteiger partial charge is 0.264 e. The monoisotopic (exact) mass is 370 g/mol. The lowest BCUT2D eigenvalue weighted by Crippen LogP contribution is -2.18. The van der Waals surface area contributed by atoms with Gasteiger partial charge >= 0.3 is 0 Å². The highest BCUT2D eigenvalue weighted by molar-refractivity contribution is 7.89. The lowest BCUT2D eigenvalue weighted by atomic mass is 10.2. The quantitative estimate of drug-likeness (QED) is 0.473. The number of aryl methyl sites for hydroxylation is 1. The van der Waals surface area contributed by atoms with Crippen molar-refractivity contribution in [2.24, 2.45) is 0 Å². The Morgan fingerprint density at radius 3 is 2.36 bits per heavy atom. The third-order valence-corrected chi connectivity index (χ3v) is 6.75. The summed E-state index contributed by atoms with van der Waals surface area (Å²) in [6.07, 6.45) is 3.41. The molecular weight excluding hydrogens is 348 g/mol. The van der Waals surface area contributed by atoms with Gasteiger partial charge in [-0.1, -0.05) is 49.3 Å². The molecule has 0 amide bonds. The van der Waals surface area contributed by atoms with E-state index in [1.807, 2.05) is 31.2 Å². The highest BCUT2D eigenvalue weighted by Crippen LogP contribution is 2.47. The lowest BCUT2D eigenvalue weighted by molar-refractivity contribution is 0.551. The van der Waals surface area contributed by atoms with E-state index < -0.39 is 18.1 Å². The summed E-state index contributed by atoms with van der Waals surface area (Å²) in [6.45, 7) is 8.40. The third-order valence-electron chi connectivity index (χ3n) is 3.98. The van der Waals surface area contributed by atoms with Crippen molar-refractivity contribution in [2.75, 3.05) is 0 Å². The molecule has 0 bridgehead atoms. The van der Waals surface area contributed by atoms with Crippen molar-refractivity contribution in [2.45, 2.75) is 43.5 Å². The average molecular weight is 371 g/mol. The molecular formula is C19H22N2O2SSi. The molecule has 1 saturated heterocycles. The molecule has 0 saturated carbocycles. The minimum Gasteiger partial charge on any atom is -0.264 e.